The Kier molecular flexibility index (Phi) is 4.90. The summed E-state index contributed by atoms with van der Waals surface area (Å²) in [5.74, 6) is 0.611. The number of aryl methyl sites for hydroxylation is 1. The van der Waals surface area contributed by atoms with Crippen LogP contribution in [0.5, 0.6) is 0 Å². The van der Waals surface area contributed by atoms with E-state index < -0.39 is 0 Å². The normalized spacial score (nSPS) is 18.3. The minimum atomic E-state index is -0.385. The van der Waals surface area contributed by atoms with E-state index in [1.54, 1.807) is 30.6 Å². The number of hydrogen-bond acceptors (Lipinski definition) is 8. The van der Waals surface area contributed by atoms with Gasteiger partial charge in [0.25, 0.3) is 11.6 Å². The summed E-state index contributed by atoms with van der Waals surface area (Å²) in [4.78, 5) is 24.0. The first-order valence-electron chi connectivity index (χ1n) is 8.89. The molecule has 9 nitrogen and oxygen atoms in total. The molecule has 0 bridgehead atoms. The van der Waals surface area contributed by atoms with Gasteiger partial charge in [-0.1, -0.05) is 10.7 Å². The van der Waals surface area contributed by atoms with E-state index in [9.17, 15) is 10.1 Å². The molecule has 0 spiro atoms. The summed E-state index contributed by atoms with van der Waals surface area (Å²) in [6, 6.07) is 6.75. The SMILES string of the molecule is Cc1ccc([N+](=O)[O-])c(C2CNCCC2=Cc2noc(-c3ccncc3)n2)n1. The average molecular weight is 378 g/mol. The second kappa shape index (κ2) is 7.65. The number of aromatic nitrogens is 4. The van der Waals surface area contributed by atoms with Gasteiger partial charge >= 0.3 is 0 Å². The van der Waals surface area contributed by atoms with Crippen molar-refractivity contribution >= 4 is 11.8 Å². The average Bonchev–Trinajstić information content (AvgIpc) is 3.17. The van der Waals surface area contributed by atoms with Gasteiger partial charge in [-0.15, -0.1) is 0 Å². The van der Waals surface area contributed by atoms with E-state index in [-0.39, 0.29) is 16.5 Å². The van der Waals surface area contributed by atoms with Gasteiger partial charge in [0, 0.05) is 42.2 Å². The first-order valence-corrected chi connectivity index (χ1v) is 8.89. The van der Waals surface area contributed by atoms with Crippen LogP contribution in [0.25, 0.3) is 17.5 Å². The lowest BCUT2D eigenvalue weighted by atomic mass is 9.88. The quantitative estimate of drug-likeness (QED) is 0.543. The fourth-order valence-corrected chi connectivity index (χ4v) is 3.28. The molecule has 4 rings (SSSR count). The summed E-state index contributed by atoms with van der Waals surface area (Å²) in [5.41, 5.74) is 2.99. The van der Waals surface area contributed by atoms with Gasteiger partial charge in [-0.05, 0) is 44.2 Å². The lowest BCUT2D eigenvalue weighted by Crippen LogP contribution is -2.31. The third kappa shape index (κ3) is 3.65. The van der Waals surface area contributed by atoms with Crippen LogP contribution in [0.1, 0.15) is 29.6 Å². The molecule has 1 saturated heterocycles. The first kappa shape index (κ1) is 17.9. The van der Waals surface area contributed by atoms with Crippen molar-refractivity contribution in [2.45, 2.75) is 19.3 Å². The maximum atomic E-state index is 11.5. The molecule has 0 amide bonds. The molecule has 0 saturated carbocycles. The van der Waals surface area contributed by atoms with Crippen LogP contribution in [0.15, 0.2) is 46.8 Å². The van der Waals surface area contributed by atoms with Gasteiger partial charge in [0.2, 0.25) is 0 Å². The minimum Gasteiger partial charge on any atom is -0.334 e. The molecule has 1 atom stereocenters. The van der Waals surface area contributed by atoms with E-state index in [1.165, 1.54) is 6.07 Å². The Balaban J connectivity index is 1.70. The van der Waals surface area contributed by atoms with Crippen molar-refractivity contribution in [3.8, 4) is 11.5 Å². The molecule has 4 heterocycles. The molecule has 9 heteroatoms. The van der Waals surface area contributed by atoms with Crippen molar-refractivity contribution in [3.05, 3.63) is 69.6 Å². The van der Waals surface area contributed by atoms with Crippen LogP contribution in [0, 0.1) is 17.0 Å². The largest absolute Gasteiger partial charge is 0.334 e. The highest BCUT2D eigenvalue weighted by atomic mass is 16.6. The van der Waals surface area contributed by atoms with Crippen LogP contribution < -0.4 is 5.32 Å². The van der Waals surface area contributed by atoms with Crippen LogP contribution in [0.4, 0.5) is 5.69 Å². The fourth-order valence-electron chi connectivity index (χ4n) is 3.28. The molecule has 1 fully saturated rings. The Bertz CT molecular complexity index is 1030. The molecule has 0 aliphatic carbocycles. The topological polar surface area (TPSA) is 120 Å². The molecular weight excluding hydrogens is 360 g/mol. The van der Waals surface area contributed by atoms with Crippen molar-refractivity contribution in [1.82, 2.24) is 25.4 Å². The number of pyridine rings is 2. The second-order valence-corrected chi connectivity index (χ2v) is 6.53. The zero-order valence-electron chi connectivity index (χ0n) is 15.2. The third-order valence-electron chi connectivity index (χ3n) is 4.64. The van der Waals surface area contributed by atoms with E-state index in [4.69, 9.17) is 4.52 Å². The molecule has 1 aliphatic rings. The lowest BCUT2D eigenvalue weighted by molar-refractivity contribution is -0.386. The van der Waals surface area contributed by atoms with E-state index >= 15 is 0 Å². The molecular formula is C19H18N6O3. The Hall–Kier alpha value is -3.46. The summed E-state index contributed by atoms with van der Waals surface area (Å²) >= 11 is 0. The number of hydrogen-bond donors (Lipinski definition) is 1. The number of nitrogens with zero attached hydrogens (tertiary/aromatic N) is 5. The Labute approximate surface area is 160 Å². The van der Waals surface area contributed by atoms with Gasteiger partial charge < -0.3 is 9.84 Å². The number of piperidine rings is 1. The molecule has 142 valence electrons. The molecule has 28 heavy (non-hydrogen) atoms. The minimum absolute atomic E-state index is 0.0239. The van der Waals surface area contributed by atoms with Crippen molar-refractivity contribution in [3.63, 3.8) is 0 Å². The van der Waals surface area contributed by atoms with Crippen LogP contribution in [-0.4, -0.2) is 38.1 Å². The van der Waals surface area contributed by atoms with Crippen molar-refractivity contribution in [2.24, 2.45) is 0 Å². The lowest BCUT2D eigenvalue weighted by Gasteiger charge is -2.25. The van der Waals surface area contributed by atoms with E-state index in [0.29, 0.717) is 24.0 Å². The van der Waals surface area contributed by atoms with Crippen LogP contribution in [-0.2, 0) is 0 Å². The maximum Gasteiger partial charge on any atom is 0.291 e. The first-order chi connectivity index (χ1) is 13.6. The Morgan fingerprint density at radius 1 is 1.25 bits per heavy atom. The molecule has 0 aromatic carbocycles. The summed E-state index contributed by atoms with van der Waals surface area (Å²) in [6.45, 7) is 3.17. The molecule has 1 N–H and O–H groups in total. The monoisotopic (exact) mass is 378 g/mol. The van der Waals surface area contributed by atoms with E-state index in [1.807, 2.05) is 13.0 Å². The van der Waals surface area contributed by atoms with E-state index in [2.05, 4.69) is 25.4 Å². The van der Waals surface area contributed by atoms with Crippen LogP contribution in [0.2, 0.25) is 0 Å². The highest BCUT2D eigenvalue weighted by Crippen LogP contribution is 2.34. The zero-order chi connectivity index (χ0) is 19.5. The number of nitrogens with one attached hydrogen (secondary N) is 1. The Morgan fingerprint density at radius 2 is 2.07 bits per heavy atom. The Morgan fingerprint density at radius 3 is 2.86 bits per heavy atom. The second-order valence-electron chi connectivity index (χ2n) is 6.53. The highest BCUT2D eigenvalue weighted by Gasteiger charge is 2.29. The summed E-state index contributed by atoms with van der Waals surface area (Å²) in [6.07, 6.45) is 5.87. The van der Waals surface area contributed by atoms with Gasteiger partial charge in [0.15, 0.2) is 5.82 Å². The summed E-state index contributed by atoms with van der Waals surface area (Å²) in [5, 5.41) is 18.8. The smallest absolute Gasteiger partial charge is 0.291 e. The van der Waals surface area contributed by atoms with E-state index in [0.717, 1.165) is 29.8 Å². The fraction of sp³-hybridized carbons (Fsp3) is 0.263. The molecule has 1 unspecified atom stereocenters. The van der Waals surface area contributed by atoms with Crippen molar-refractivity contribution in [1.29, 1.82) is 0 Å². The van der Waals surface area contributed by atoms with Gasteiger partial charge in [0.1, 0.15) is 5.69 Å². The standard InChI is InChI=1S/C19H18N6O3/c1-12-2-3-16(25(26)27)18(22-12)15-11-21-9-6-14(15)10-17-23-19(28-24-17)13-4-7-20-8-5-13/h2-5,7-8,10,15,21H,6,9,11H2,1H3. The molecule has 1 aliphatic heterocycles. The van der Waals surface area contributed by atoms with Crippen LogP contribution in [0.3, 0.4) is 0 Å². The van der Waals surface area contributed by atoms with Gasteiger partial charge in [-0.25, -0.2) is 0 Å². The van der Waals surface area contributed by atoms with Crippen molar-refractivity contribution in [2.75, 3.05) is 13.1 Å². The van der Waals surface area contributed by atoms with Gasteiger partial charge in [-0.2, -0.15) is 4.98 Å². The van der Waals surface area contributed by atoms with Gasteiger partial charge in [-0.3, -0.25) is 20.1 Å². The van der Waals surface area contributed by atoms with Crippen molar-refractivity contribution < 1.29 is 9.45 Å². The zero-order valence-corrected chi connectivity index (χ0v) is 15.2. The molecule has 3 aromatic heterocycles. The molecule has 0 radical (unpaired) electrons. The summed E-state index contributed by atoms with van der Waals surface area (Å²) in [7, 11) is 0. The molecule has 3 aromatic rings. The number of nitro groups is 1. The highest BCUT2D eigenvalue weighted by molar-refractivity contribution is 5.56. The predicted molar refractivity (Wildman–Crippen MR) is 101 cm³/mol. The summed E-state index contributed by atoms with van der Waals surface area (Å²) < 4.78 is 5.34. The number of rotatable bonds is 4. The van der Waals surface area contributed by atoms with Gasteiger partial charge in [0.05, 0.1) is 4.92 Å². The maximum absolute atomic E-state index is 11.5. The van der Waals surface area contributed by atoms with Crippen LogP contribution >= 0.6 is 0 Å². The predicted octanol–water partition coefficient (Wildman–Crippen LogP) is 2.90. The third-order valence-corrected chi connectivity index (χ3v) is 4.64.